The number of hydrogen-bond donors (Lipinski definition) is 1. The Kier molecular flexibility index (Phi) is 6.40. The number of benzene rings is 2. The molecular formula is C25H33N3O2. The zero-order valence-corrected chi connectivity index (χ0v) is 18.1. The molecule has 0 saturated carbocycles. The van der Waals surface area contributed by atoms with Crippen LogP contribution in [0.15, 0.2) is 48.5 Å². The predicted molar refractivity (Wildman–Crippen MR) is 122 cm³/mol. The Morgan fingerprint density at radius 3 is 2.43 bits per heavy atom. The van der Waals surface area contributed by atoms with E-state index >= 15 is 0 Å². The second-order valence-corrected chi connectivity index (χ2v) is 8.78. The second kappa shape index (κ2) is 9.19. The van der Waals surface area contributed by atoms with Crippen molar-refractivity contribution in [3.8, 4) is 0 Å². The summed E-state index contributed by atoms with van der Waals surface area (Å²) in [5.74, 6) is 0.177. The first-order valence-electron chi connectivity index (χ1n) is 11.2. The lowest BCUT2D eigenvalue weighted by Gasteiger charge is -2.37. The molecule has 0 spiro atoms. The number of nitrogens with zero attached hydrogens (tertiary/aromatic N) is 3. The molecule has 30 heavy (non-hydrogen) atoms. The molecule has 2 aromatic carbocycles. The van der Waals surface area contributed by atoms with Crippen LogP contribution in [0, 0.1) is 5.92 Å². The van der Waals surface area contributed by atoms with Gasteiger partial charge in [-0.3, -0.25) is 9.69 Å². The third-order valence-corrected chi connectivity index (χ3v) is 6.29. The highest BCUT2D eigenvalue weighted by Crippen LogP contribution is 2.31. The van der Waals surface area contributed by atoms with E-state index in [0.717, 1.165) is 56.8 Å². The second-order valence-electron chi connectivity index (χ2n) is 8.78. The molecule has 1 saturated heterocycles. The van der Waals surface area contributed by atoms with Gasteiger partial charge in [0.15, 0.2) is 0 Å². The Bertz CT molecular complexity index is 860. The molecule has 0 unspecified atom stereocenters. The fourth-order valence-corrected chi connectivity index (χ4v) is 4.54. The molecular weight excluding hydrogens is 374 g/mol. The van der Waals surface area contributed by atoms with Crippen LogP contribution in [0.4, 0.5) is 11.4 Å². The Balaban J connectivity index is 1.38. The van der Waals surface area contributed by atoms with E-state index in [1.807, 2.05) is 36.9 Å². The van der Waals surface area contributed by atoms with E-state index in [0.29, 0.717) is 6.54 Å². The van der Waals surface area contributed by atoms with Crippen LogP contribution in [0.25, 0.3) is 0 Å². The fraction of sp³-hybridized carbons (Fsp3) is 0.480. The summed E-state index contributed by atoms with van der Waals surface area (Å²) in [5.41, 5.74) is 4.43. The van der Waals surface area contributed by atoms with Crippen molar-refractivity contribution in [3.63, 3.8) is 0 Å². The van der Waals surface area contributed by atoms with Crippen molar-refractivity contribution in [2.75, 3.05) is 49.1 Å². The third kappa shape index (κ3) is 4.52. The van der Waals surface area contributed by atoms with Crippen molar-refractivity contribution in [1.82, 2.24) is 4.90 Å². The molecule has 1 fully saturated rings. The minimum absolute atomic E-state index is 0.00392. The number of hydrogen-bond acceptors (Lipinski definition) is 4. The van der Waals surface area contributed by atoms with Crippen LogP contribution >= 0.6 is 0 Å². The SMILES string of the molecule is CC(C)C(=O)N1CCCc2cc([C@H](O)CN3CCN(c4ccccc4)CC3)ccc21. The van der Waals surface area contributed by atoms with Crippen LogP contribution in [0.2, 0.25) is 0 Å². The van der Waals surface area contributed by atoms with Crippen LogP contribution in [-0.4, -0.2) is 55.2 Å². The zero-order chi connectivity index (χ0) is 21.1. The van der Waals surface area contributed by atoms with Crippen molar-refractivity contribution in [3.05, 3.63) is 59.7 Å². The molecule has 2 aliphatic rings. The quantitative estimate of drug-likeness (QED) is 0.824. The molecule has 2 aromatic rings. The van der Waals surface area contributed by atoms with Gasteiger partial charge in [0, 0.05) is 56.6 Å². The molecule has 0 aliphatic carbocycles. The van der Waals surface area contributed by atoms with E-state index in [1.54, 1.807) is 0 Å². The van der Waals surface area contributed by atoms with Crippen molar-refractivity contribution >= 4 is 17.3 Å². The fourth-order valence-electron chi connectivity index (χ4n) is 4.54. The normalized spacial score (nSPS) is 18.4. The molecule has 2 heterocycles. The first-order valence-corrected chi connectivity index (χ1v) is 11.2. The molecule has 2 aliphatic heterocycles. The summed E-state index contributed by atoms with van der Waals surface area (Å²) in [6, 6.07) is 16.7. The summed E-state index contributed by atoms with van der Waals surface area (Å²) < 4.78 is 0. The van der Waals surface area contributed by atoms with E-state index < -0.39 is 6.10 Å². The standard InChI is InChI=1S/C25H33N3O2/c1-19(2)25(30)28-12-6-7-20-17-21(10-11-23(20)28)24(29)18-26-13-15-27(16-14-26)22-8-4-3-5-9-22/h3-5,8-11,17,19,24,29H,6-7,12-16,18H2,1-2H3/t24-/m1/s1. The number of para-hydroxylation sites is 1. The van der Waals surface area contributed by atoms with Crippen LogP contribution in [-0.2, 0) is 11.2 Å². The molecule has 5 heteroatoms. The maximum atomic E-state index is 12.5. The largest absolute Gasteiger partial charge is 0.387 e. The van der Waals surface area contributed by atoms with Crippen molar-refractivity contribution in [1.29, 1.82) is 0 Å². The number of carbonyl (C=O) groups is 1. The summed E-state index contributed by atoms with van der Waals surface area (Å²) in [7, 11) is 0. The lowest BCUT2D eigenvalue weighted by atomic mass is 9.96. The van der Waals surface area contributed by atoms with Gasteiger partial charge < -0.3 is 14.9 Å². The first-order chi connectivity index (χ1) is 14.5. The number of anilines is 2. The summed E-state index contributed by atoms with van der Waals surface area (Å²) >= 11 is 0. The van der Waals surface area contributed by atoms with Crippen molar-refractivity contribution in [2.45, 2.75) is 32.8 Å². The van der Waals surface area contributed by atoms with E-state index in [9.17, 15) is 9.90 Å². The number of fused-ring (bicyclic) bond motifs is 1. The first kappa shape index (κ1) is 20.9. The summed E-state index contributed by atoms with van der Waals surface area (Å²) in [6.07, 6.45) is 1.44. The smallest absolute Gasteiger partial charge is 0.229 e. The molecule has 5 nitrogen and oxygen atoms in total. The number of rotatable bonds is 5. The van der Waals surface area contributed by atoms with E-state index in [-0.39, 0.29) is 11.8 Å². The zero-order valence-electron chi connectivity index (χ0n) is 18.1. The number of aliphatic hydroxyl groups excluding tert-OH is 1. The average Bonchev–Trinajstić information content (AvgIpc) is 2.78. The summed E-state index contributed by atoms with van der Waals surface area (Å²) in [5, 5.41) is 10.9. The number of aliphatic hydroxyl groups is 1. The maximum Gasteiger partial charge on any atom is 0.229 e. The van der Waals surface area contributed by atoms with Gasteiger partial charge in [0.1, 0.15) is 0 Å². The van der Waals surface area contributed by atoms with Crippen LogP contribution in [0.3, 0.4) is 0 Å². The molecule has 0 radical (unpaired) electrons. The summed E-state index contributed by atoms with van der Waals surface area (Å²) in [6.45, 7) is 9.20. The van der Waals surface area contributed by atoms with Gasteiger partial charge in [-0.05, 0) is 42.2 Å². The van der Waals surface area contributed by atoms with Gasteiger partial charge in [0.05, 0.1) is 6.10 Å². The molecule has 160 valence electrons. The lowest BCUT2D eigenvalue weighted by molar-refractivity contribution is -0.121. The topological polar surface area (TPSA) is 47.0 Å². The van der Waals surface area contributed by atoms with Crippen molar-refractivity contribution in [2.24, 2.45) is 5.92 Å². The van der Waals surface area contributed by atoms with Crippen LogP contribution < -0.4 is 9.80 Å². The summed E-state index contributed by atoms with van der Waals surface area (Å²) in [4.78, 5) is 19.2. The number of aryl methyl sites for hydroxylation is 1. The minimum atomic E-state index is -0.505. The molecule has 0 aromatic heterocycles. The van der Waals surface area contributed by atoms with E-state index in [1.165, 1.54) is 11.3 Å². The minimum Gasteiger partial charge on any atom is -0.387 e. The lowest BCUT2D eigenvalue weighted by Crippen LogP contribution is -2.47. The Morgan fingerprint density at radius 1 is 1.00 bits per heavy atom. The maximum absolute atomic E-state index is 12.5. The van der Waals surface area contributed by atoms with Gasteiger partial charge in [0.25, 0.3) is 0 Å². The molecule has 0 bridgehead atoms. The highest BCUT2D eigenvalue weighted by Gasteiger charge is 2.26. The highest BCUT2D eigenvalue weighted by molar-refractivity contribution is 5.95. The van der Waals surface area contributed by atoms with Gasteiger partial charge in [-0.1, -0.05) is 44.2 Å². The molecule has 1 amide bonds. The molecule has 1 N–H and O–H groups in total. The molecule has 4 rings (SSSR count). The number of carbonyl (C=O) groups excluding carboxylic acids is 1. The van der Waals surface area contributed by atoms with Gasteiger partial charge in [0.2, 0.25) is 5.91 Å². The number of piperazine rings is 1. The Hall–Kier alpha value is -2.37. The number of β-amino-alcohol motifs (C(OH)–C–C–N with tert-alkyl or cyclic N) is 1. The highest BCUT2D eigenvalue weighted by atomic mass is 16.3. The van der Waals surface area contributed by atoms with Gasteiger partial charge in [-0.2, -0.15) is 0 Å². The average molecular weight is 408 g/mol. The predicted octanol–water partition coefficient (Wildman–Crippen LogP) is 3.48. The Labute approximate surface area is 179 Å². The van der Waals surface area contributed by atoms with Crippen molar-refractivity contribution < 1.29 is 9.90 Å². The van der Waals surface area contributed by atoms with E-state index in [4.69, 9.17) is 0 Å². The van der Waals surface area contributed by atoms with Gasteiger partial charge in [-0.25, -0.2) is 0 Å². The number of amides is 1. The Morgan fingerprint density at radius 2 is 1.73 bits per heavy atom. The van der Waals surface area contributed by atoms with Gasteiger partial charge in [-0.15, -0.1) is 0 Å². The third-order valence-electron chi connectivity index (χ3n) is 6.29. The monoisotopic (exact) mass is 407 g/mol. The van der Waals surface area contributed by atoms with E-state index in [2.05, 4.69) is 40.1 Å². The van der Waals surface area contributed by atoms with Crippen LogP contribution in [0.1, 0.15) is 37.5 Å². The van der Waals surface area contributed by atoms with Crippen LogP contribution in [0.5, 0.6) is 0 Å². The van der Waals surface area contributed by atoms with Gasteiger partial charge >= 0.3 is 0 Å². The molecule has 1 atom stereocenters.